The lowest BCUT2D eigenvalue weighted by atomic mass is 10.1. The zero-order chi connectivity index (χ0) is 18.4. The minimum absolute atomic E-state index is 0.240. The quantitative estimate of drug-likeness (QED) is 0.683. The highest BCUT2D eigenvalue weighted by atomic mass is 35.5. The van der Waals surface area contributed by atoms with Crippen LogP contribution < -0.4 is 10.6 Å². The number of hydrogen-bond donors (Lipinski definition) is 2. The van der Waals surface area contributed by atoms with Gasteiger partial charge in [0.2, 0.25) is 0 Å². The summed E-state index contributed by atoms with van der Waals surface area (Å²) in [6.07, 6.45) is 2.03. The number of anilines is 2. The van der Waals surface area contributed by atoms with Crippen molar-refractivity contribution < 1.29 is 9.18 Å². The van der Waals surface area contributed by atoms with Gasteiger partial charge in [-0.2, -0.15) is 0 Å². The van der Waals surface area contributed by atoms with Crippen molar-refractivity contribution in [3.8, 4) is 0 Å². The van der Waals surface area contributed by atoms with Crippen molar-refractivity contribution in [1.29, 1.82) is 0 Å². The van der Waals surface area contributed by atoms with E-state index in [4.69, 9.17) is 11.6 Å². The minimum Gasteiger partial charge on any atom is -0.370 e. The fourth-order valence-electron chi connectivity index (χ4n) is 2.33. The van der Waals surface area contributed by atoms with E-state index in [1.807, 2.05) is 0 Å². The molecule has 3 rings (SSSR count). The lowest BCUT2D eigenvalue weighted by Crippen LogP contribution is -2.15. The zero-order valence-electron chi connectivity index (χ0n) is 13.7. The highest BCUT2D eigenvalue weighted by Crippen LogP contribution is 2.16. The van der Waals surface area contributed by atoms with E-state index in [-0.39, 0.29) is 17.4 Å². The molecule has 0 unspecified atom stereocenters. The van der Waals surface area contributed by atoms with Crippen molar-refractivity contribution in [3.63, 3.8) is 0 Å². The van der Waals surface area contributed by atoms with Crippen LogP contribution in [-0.4, -0.2) is 22.4 Å². The molecule has 0 aliphatic heterocycles. The zero-order valence-corrected chi connectivity index (χ0v) is 14.5. The van der Waals surface area contributed by atoms with E-state index in [0.29, 0.717) is 29.5 Å². The van der Waals surface area contributed by atoms with Crippen LogP contribution in [0.5, 0.6) is 0 Å². The molecule has 2 aromatic carbocycles. The molecule has 0 bridgehead atoms. The molecule has 0 aliphatic carbocycles. The Labute approximate surface area is 155 Å². The van der Waals surface area contributed by atoms with Gasteiger partial charge in [0.15, 0.2) is 0 Å². The van der Waals surface area contributed by atoms with Crippen LogP contribution in [-0.2, 0) is 6.42 Å². The van der Waals surface area contributed by atoms with Gasteiger partial charge in [-0.15, -0.1) is 0 Å². The molecule has 26 heavy (non-hydrogen) atoms. The Morgan fingerprint density at radius 2 is 1.88 bits per heavy atom. The Morgan fingerprint density at radius 3 is 2.65 bits per heavy atom. The number of nitrogens with zero attached hydrogens (tertiary/aromatic N) is 2. The van der Waals surface area contributed by atoms with Gasteiger partial charge < -0.3 is 10.6 Å². The van der Waals surface area contributed by atoms with Gasteiger partial charge in [0.1, 0.15) is 23.7 Å². The van der Waals surface area contributed by atoms with Crippen molar-refractivity contribution in [2.45, 2.75) is 6.42 Å². The Kier molecular flexibility index (Phi) is 5.76. The molecule has 5 nitrogen and oxygen atoms in total. The summed E-state index contributed by atoms with van der Waals surface area (Å²) < 4.78 is 12.9. The molecule has 0 spiro atoms. The van der Waals surface area contributed by atoms with Crippen LogP contribution in [0.3, 0.4) is 0 Å². The van der Waals surface area contributed by atoms with E-state index in [1.165, 1.54) is 18.5 Å². The number of nitrogens with one attached hydrogen (secondary N) is 2. The number of aromatic nitrogens is 2. The number of benzene rings is 2. The van der Waals surface area contributed by atoms with Gasteiger partial charge in [-0.25, -0.2) is 14.4 Å². The molecule has 1 heterocycles. The van der Waals surface area contributed by atoms with Crippen LogP contribution in [0, 0.1) is 5.82 Å². The van der Waals surface area contributed by atoms with Crippen molar-refractivity contribution in [2.75, 3.05) is 17.2 Å². The molecule has 1 aromatic heterocycles. The van der Waals surface area contributed by atoms with Crippen molar-refractivity contribution in [1.82, 2.24) is 9.97 Å². The number of rotatable bonds is 6. The largest absolute Gasteiger partial charge is 0.370 e. The molecular formula is C19H16ClFN4O. The maximum atomic E-state index is 12.9. The van der Waals surface area contributed by atoms with E-state index in [0.717, 1.165) is 5.56 Å². The third kappa shape index (κ3) is 5.00. The van der Waals surface area contributed by atoms with Gasteiger partial charge in [-0.05, 0) is 42.3 Å². The predicted molar refractivity (Wildman–Crippen MR) is 100 cm³/mol. The highest BCUT2D eigenvalue weighted by Gasteiger charge is 2.09. The molecule has 3 aromatic rings. The lowest BCUT2D eigenvalue weighted by molar-refractivity contribution is 0.102. The first-order valence-corrected chi connectivity index (χ1v) is 8.35. The molecule has 1 amide bonds. The lowest BCUT2D eigenvalue weighted by Gasteiger charge is -2.08. The summed E-state index contributed by atoms with van der Waals surface area (Å²) in [6, 6.07) is 14.8. The second-order valence-electron chi connectivity index (χ2n) is 5.56. The maximum absolute atomic E-state index is 12.9. The van der Waals surface area contributed by atoms with Gasteiger partial charge in [0.05, 0.1) is 0 Å². The molecule has 7 heteroatoms. The first-order valence-electron chi connectivity index (χ1n) is 7.97. The van der Waals surface area contributed by atoms with Crippen LogP contribution in [0.4, 0.5) is 15.9 Å². The van der Waals surface area contributed by atoms with Crippen LogP contribution in [0.25, 0.3) is 0 Å². The Bertz CT molecular complexity index is 902. The van der Waals surface area contributed by atoms with Crippen molar-refractivity contribution in [3.05, 3.63) is 83.0 Å². The van der Waals surface area contributed by atoms with E-state index in [1.54, 1.807) is 42.5 Å². The summed E-state index contributed by atoms with van der Waals surface area (Å²) in [6.45, 7) is 0.595. The van der Waals surface area contributed by atoms with Gasteiger partial charge >= 0.3 is 0 Å². The monoisotopic (exact) mass is 370 g/mol. The van der Waals surface area contributed by atoms with E-state index >= 15 is 0 Å². The maximum Gasteiger partial charge on any atom is 0.274 e. The molecule has 132 valence electrons. The Balaban J connectivity index is 1.58. The summed E-state index contributed by atoms with van der Waals surface area (Å²) in [5, 5.41) is 6.40. The van der Waals surface area contributed by atoms with E-state index < -0.39 is 0 Å². The first-order chi connectivity index (χ1) is 12.6. The third-order valence-corrected chi connectivity index (χ3v) is 3.85. The summed E-state index contributed by atoms with van der Waals surface area (Å²) in [7, 11) is 0. The molecule has 0 aliphatic rings. The number of carbonyl (C=O) groups is 1. The average Bonchev–Trinajstić information content (AvgIpc) is 2.64. The van der Waals surface area contributed by atoms with Crippen molar-refractivity contribution >= 4 is 29.0 Å². The molecule has 2 N–H and O–H groups in total. The number of hydrogen-bond acceptors (Lipinski definition) is 4. The molecule has 0 saturated carbocycles. The third-order valence-electron chi connectivity index (χ3n) is 3.62. The topological polar surface area (TPSA) is 66.9 Å². The van der Waals surface area contributed by atoms with E-state index in [9.17, 15) is 9.18 Å². The van der Waals surface area contributed by atoms with E-state index in [2.05, 4.69) is 20.6 Å². The van der Waals surface area contributed by atoms with Gasteiger partial charge in [-0.1, -0.05) is 29.8 Å². The smallest absolute Gasteiger partial charge is 0.274 e. The fraction of sp³-hybridized carbons (Fsp3) is 0.105. The van der Waals surface area contributed by atoms with Crippen LogP contribution in [0.1, 0.15) is 16.1 Å². The summed E-state index contributed by atoms with van der Waals surface area (Å²) in [5.41, 5.74) is 1.84. The first kappa shape index (κ1) is 17.8. The van der Waals surface area contributed by atoms with Crippen LogP contribution >= 0.6 is 11.6 Å². The predicted octanol–water partition coefficient (Wildman–Crippen LogP) is 4.18. The summed E-state index contributed by atoms with van der Waals surface area (Å²) in [5.74, 6) is -0.0672. The summed E-state index contributed by atoms with van der Waals surface area (Å²) in [4.78, 5) is 20.4. The average molecular weight is 371 g/mol. The number of carbonyl (C=O) groups excluding carboxylic acids is 1. The minimum atomic E-state index is -0.351. The van der Waals surface area contributed by atoms with Gasteiger partial charge in [-0.3, -0.25) is 4.79 Å². The number of halogens is 2. The normalized spacial score (nSPS) is 10.4. The SMILES string of the molecule is O=C(Nc1cccc(Cl)c1)c1cc(NCCc2ccc(F)cc2)ncn1. The molecular weight excluding hydrogens is 355 g/mol. The van der Waals surface area contributed by atoms with Gasteiger partial charge in [0, 0.05) is 23.3 Å². The molecule has 0 atom stereocenters. The van der Waals surface area contributed by atoms with Crippen molar-refractivity contribution in [2.24, 2.45) is 0 Å². The second kappa shape index (κ2) is 8.40. The second-order valence-corrected chi connectivity index (χ2v) is 5.99. The Hall–Kier alpha value is -2.99. The molecule has 0 radical (unpaired) electrons. The Morgan fingerprint density at radius 1 is 1.08 bits per heavy atom. The standard InChI is InChI=1S/C19H16ClFN4O/c20-14-2-1-3-16(10-14)25-19(26)17-11-18(24-12-23-17)22-9-8-13-4-6-15(21)7-5-13/h1-7,10-12H,8-9H2,(H,25,26)(H,22,23,24). The molecule has 0 fully saturated rings. The summed E-state index contributed by atoms with van der Waals surface area (Å²) >= 11 is 5.91. The van der Waals surface area contributed by atoms with Crippen LogP contribution in [0.15, 0.2) is 60.9 Å². The van der Waals surface area contributed by atoms with Gasteiger partial charge in [0.25, 0.3) is 5.91 Å². The highest BCUT2D eigenvalue weighted by molar-refractivity contribution is 6.30. The number of amides is 1. The molecule has 0 saturated heterocycles. The van der Waals surface area contributed by atoms with Crippen LogP contribution in [0.2, 0.25) is 5.02 Å². The fourth-order valence-corrected chi connectivity index (χ4v) is 2.52.